The Morgan fingerprint density at radius 3 is 1.48 bits per heavy atom. The molecule has 0 radical (unpaired) electrons. The molecule has 0 aromatic heterocycles. The Balaban J connectivity index is 2.49. The molecule has 1 saturated carbocycles. The Bertz CT molecular complexity index is 1300. The smallest absolute Gasteiger partial charge is 0.462 e. The van der Waals surface area contributed by atoms with Crippen LogP contribution in [0.5, 0.6) is 0 Å². The van der Waals surface area contributed by atoms with Gasteiger partial charge in [-0.15, -0.1) is 0 Å². The topological polar surface area (TPSA) is 210 Å². The van der Waals surface area contributed by atoms with Crippen LogP contribution in [0.2, 0.25) is 0 Å². The molecule has 0 bridgehead atoms. The van der Waals surface area contributed by atoms with Crippen molar-refractivity contribution in [1.29, 1.82) is 0 Å². The Morgan fingerprint density at radius 2 is 0.934 bits per heavy atom. The van der Waals surface area contributed by atoms with Gasteiger partial charge in [-0.2, -0.15) is 0 Å². The number of rotatable bonds is 37. The Kier molecular flexibility index (Phi) is 34.3. The van der Waals surface area contributed by atoms with Crippen LogP contribution < -0.4 is 0 Å². The van der Waals surface area contributed by atoms with Gasteiger partial charge in [0.15, 0.2) is 6.10 Å². The minimum atomic E-state index is -5.13. The summed E-state index contributed by atoms with van der Waals surface area (Å²) in [6.07, 6.45) is 31.3. The second kappa shape index (κ2) is 37.0. The van der Waals surface area contributed by atoms with E-state index in [0.717, 1.165) is 77.0 Å². The second-order valence-electron chi connectivity index (χ2n) is 15.9. The quantitative estimate of drug-likeness (QED) is 0.0149. The molecule has 352 valence electrons. The molecule has 0 aromatic rings. The lowest BCUT2D eigenvalue weighted by atomic mass is 9.85. The van der Waals surface area contributed by atoms with Crippen molar-refractivity contribution in [2.24, 2.45) is 0 Å². The average molecular weight is 885 g/mol. The van der Waals surface area contributed by atoms with E-state index in [1.54, 1.807) is 0 Å². The fourth-order valence-electron chi connectivity index (χ4n) is 6.62. The Morgan fingerprint density at radius 1 is 0.525 bits per heavy atom. The van der Waals surface area contributed by atoms with Gasteiger partial charge in [0.1, 0.15) is 43.2 Å². The molecule has 1 fully saturated rings. The van der Waals surface area contributed by atoms with Crippen LogP contribution in [0.25, 0.3) is 0 Å². The maximum Gasteiger partial charge on any atom is 0.472 e. The van der Waals surface area contributed by atoms with Crippen molar-refractivity contribution in [1.82, 2.24) is 0 Å². The van der Waals surface area contributed by atoms with Crippen molar-refractivity contribution >= 4 is 19.8 Å². The molecular formula is C47H81O13P. The average Bonchev–Trinajstić information content (AvgIpc) is 3.24. The SMILES string of the molecule is CC/C=C\C/C=C\C/C=C\C/C=C\CCCCC(=O)OC[C@H](COP(=O)(O)OC1C(O)C(O)C(O)[C@@H](O)C1O)OC(=O)CCCCCCCCC/C=C\CCCCCCCC. The zero-order valence-electron chi connectivity index (χ0n) is 37.2. The van der Waals surface area contributed by atoms with E-state index in [-0.39, 0.29) is 12.8 Å². The summed E-state index contributed by atoms with van der Waals surface area (Å²) in [6, 6.07) is 0. The summed E-state index contributed by atoms with van der Waals surface area (Å²) in [6.45, 7) is 3.13. The third-order valence-corrected chi connectivity index (χ3v) is 11.3. The Hall–Kier alpha value is -2.45. The van der Waals surface area contributed by atoms with Gasteiger partial charge in [-0.05, 0) is 77.0 Å². The van der Waals surface area contributed by atoms with Crippen molar-refractivity contribution in [3.8, 4) is 0 Å². The van der Waals surface area contributed by atoms with Crippen LogP contribution in [0, 0.1) is 0 Å². The van der Waals surface area contributed by atoms with Crippen LogP contribution in [0.1, 0.15) is 168 Å². The zero-order chi connectivity index (χ0) is 45.0. The van der Waals surface area contributed by atoms with Crippen molar-refractivity contribution in [2.45, 2.75) is 211 Å². The van der Waals surface area contributed by atoms with Crippen LogP contribution in [0.15, 0.2) is 60.8 Å². The van der Waals surface area contributed by atoms with Crippen molar-refractivity contribution in [3.63, 3.8) is 0 Å². The summed E-state index contributed by atoms with van der Waals surface area (Å²) in [7, 11) is -5.13. The van der Waals surface area contributed by atoms with Crippen LogP contribution >= 0.6 is 7.82 Å². The van der Waals surface area contributed by atoms with Crippen LogP contribution in [-0.4, -0.2) is 98.3 Å². The lowest BCUT2D eigenvalue weighted by Crippen LogP contribution is -2.64. The number of esters is 2. The highest BCUT2D eigenvalue weighted by Crippen LogP contribution is 2.47. The number of hydrogen-bond donors (Lipinski definition) is 6. The molecule has 0 spiro atoms. The van der Waals surface area contributed by atoms with E-state index in [2.05, 4.69) is 74.6 Å². The summed E-state index contributed by atoms with van der Waals surface area (Å²) in [4.78, 5) is 35.7. The highest BCUT2D eigenvalue weighted by atomic mass is 31.2. The van der Waals surface area contributed by atoms with Gasteiger partial charge in [0.25, 0.3) is 0 Å². The van der Waals surface area contributed by atoms with Gasteiger partial charge >= 0.3 is 19.8 Å². The first-order chi connectivity index (χ1) is 29.4. The molecule has 1 rings (SSSR count). The molecule has 0 saturated heterocycles. The summed E-state index contributed by atoms with van der Waals surface area (Å²) >= 11 is 0. The number of unbranched alkanes of at least 4 members (excludes halogenated alkanes) is 15. The van der Waals surface area contributed by atoms with Crippen LogP contribution in [-0.2, 0) is 32.7 Å². The number of phosphoric acid groups is 1. The number of phosphoric ester groups is 1. The van der Waals surface area contributed by atoms with Crippen molar-refractivity contribution in [2.75, 3.05) is 13.2 Å². The van der Waals surface area contributed by atoms with Gasteiger partial charge in [0.2, 0.25) is 0 Å². The molecule has 6 unspecified atom stereocenters. The van der Waals surface area contributed by atoms with Gasteiger partial charge in [0.05, 0.1) is 6.61 Å². The molecule has 0 amide bonds. The number of allylic oxidation sites excluding steroid dienone is 10. The van der Waals surface area contributed by atoms with Crippen molar-refractivity contribution in [3.05, 3.63) is 60.8 Å². The molecule has 0 heterocycles. The van der Waals surface area contributed by atoms with Crippen molar-refractivity contribution < 1.29 is 63.1 Å². The monoisotopic (exact) mass is 885 g/mol. The fraction of sp³-hybridized carbons (Fsp3) is 0.745. The van der Waals surface area contributed by atoms with Gasteiger partial charge < -0.3 is 39.9 Å². The number of aliphatic hydroxyl groups excluding tert-OH is 5. The van der Waals surface area contributed by atoms with E-state index in [4.69, 9.17) is 18.5 Å². The standard InChI is InChI=1S/C47H81O13P/c1-3-5-7-9-11-13-15-17-19-20-22-24-26-28-30-32-34-36-41(49)59-39(38-58-61(55,56)60-47-45(53)43(51)42(50)44(52)46(47)54)37-57-40(48)35-33-31-29-27-25-23-21-18-16-14-12-10-8-6-4-2/h6,8,12,14,17-19,21,25,27,39,42-47,50-54H,3-5,7,9-11,13,15-16,20,22-24,26,28-38H2,1-2H3,(H,55,56)/b8-6-,14-12-,19-17-,21-18-,27-25-/t39-,42?,43-,44?,45?,46?,47?/m1/s1. The summed E-state index contributed by atoms with van der Waals surface area (Å²) in [5, 5.41) is 50.1. The van der Waals surface area contributed by atoms with E-state index >= 15 is 0 Å². The molecular weight excluding hydrogens is 803 g/mol. The third-order valence-electron chi connectivity index (χ3n) is 10.3. The molecule has 61 heavy (non-hydrogen) atoms. The summed E-state index contributed by atoms with van der Waals surface area (Å²) in [5.41, 5.74) is 0. The fourth-order valence-corrected chi connectivity index (χ4v) is 7.60. The lowest BCUT2D eigenvalue weighted by molar-refractivity contribution is -0.220. The second-order valence-corrected chi connectivity index (χ2v) is 17.3. The first-order valence-corrected chi connectivity index (χ1v) is 24.6. The normalized spacial score (nSPS) is 22.6. The molecule has 6 N–H and O–H groups in total. The molecule has 8 atom stereocenters. The van der Waals surface area contributed by atoms with E-state index in [0.29, 0.717) is 12.8 Å². The first-order valence-electron chi connectivity index (χ1n) is 23.1. The number of aliphatic hydroxyl groups is 5. The zero-order valence-corrected chi connectivity index (χ0v) is 38.1. The summed E-state index contributed by atoms with van der Waals surface area (Å²) in [5.74, 6) is -1.16. The predicted octanol–water partition coefficient (Wildman–Crippen LogP) is 8.94. The molecule has 13 nitrogen and oxygen atoms in total. The maximum atomic E-state index is 12.8. The largest absolute Gasteiger partial charge is 0.472 e. The van der Waals surface area contributed by atoms with E-state index in [1.807, 2.05) is 0 Å². The first kappa shape index (κ1) is 56.6. The lowest BCUT2D eigenvalue weighted by Gasteiger charge is -2.41. The number of carbonyl (C=O) groups excluding carboxylic acids is 2. The van der Waals surface area contributed by atoms with Gasteiger partial charge in [-0.1, -0.05) is 139 Å². The minimum Gasteiger partial charge on any atom is -0.462 e. The van der Waals surface area contributed by atoms with Crippen LogP contribution in [0.4, 0.5) is 0 Å². The minimum absolute atomic E-state index is 0.0803. The van der Waals surface area contributed by atoms with Gasteiger partial charge in [-0.25, -0.2) is 4.57 Å². The van der Waals surface area contributed by atoms with Crippen LogP contribution in [0.3, 0.4) is 0 Å². The highest BCUT2D eigenvalue weighted by Gasteiger charge is 2.51. The van der Waals surface area contributed by atoms with Gasteiger partial charge in [0, 0.05) is 12.8 Å². The van der Waals surface area contributed by atoms with E-state index in [9.17, 15) is 44.6 Å². The van der Waals surface area contributed by atoms with E-state index in [1.165, 1.54) is 51.4 Å². The molecule has 1 aliphatic rings. The Labute approximate surface area is 366 Å². The molecule has 0 aliphatic heterocycles. The number of carbonyl (C=O) groups is 2. The maximum absolute atomic E-state index is 12.8. The number of ether oxygens (including phenoxy) is 2. The summed E-state index contributed by atoms with van der Waals surface area (Å²) < 4.78 is 33.5. The predicted molar refractivity (Wildman–Crippen MR) is 239 cm³/mol. The molecule has 1 aliphatic carbocycles. The molecule has 14 heteroatoms. The third kappa shape index (κ3) is 29.5. The van der Waals surface area contributed by atoms with E-state index < -0.39 is 75.7 Å². The van der Waals surface area contributed by atoms with Gasteiger partial charge in [-0.3, -0.25) is 18.6 Å². The highest BCUT2D eigenvalue weighted by molar-refractivity contribution is 7.47. The molecule has 0 aromatic carbocycles. The number of hydrogen-bond acceptors (Lipinski definition) is 12.